The predicted molar refractivity (Wildman–Crippen MR) is 81.0 cm³/mol. The molecule has 20 heavy (non-hydrogen) atoms. The molecule has 0 radical (unpaired) electrons. The maximum atomic E-state index is 12.1. The van der Waals surface area contributed by atoms with Crippen LogP contribution in [-0.2, 0) is 13.6 Å². The number of rotatable bonds is 2. The van der Waals surface area contributed by atoms with Gasteiger partial charge in [0.15, 0.2) is 0 Å². The van der Waals surface area contributed by atoms with Gasteiger partial charge in [0.25, 0.3) is 5.56 Å². The fourth-order valence-corrected chi connectivity index (χ4v) is 2.79. The Balaban J connectivity index is 2.27. The van der Waals surface area contributed by atoms with E-state index in [1.165, 1.54) is 4.57 Å². The average molecular weight is 334 g/mol. The summed E-state index contributed by atoms with van der Waals surface area (Å²) in [7, 11) is 1.64. The third-order valence-electron chi connectivity index (χ3n) is 3.31. The van der Waals surface area contributed by atoms with Gasteiger partial charge in [-0.2, -0.15) is 0 Å². The molecule has 0 saturated heterocycles. The first-order valence-corrected chi connectivity index (χ1v) is 6.89. The van der Waals surface area contributed by atoms with E-state index in [-0.39, 0.29) is 5.56 Å². The molecular weight excluding hydrogens is 322 g/mol. The fourth-order valence-electron chi connectivity index (χ4n) is 2.27. The Bertz CT molecular complexity index is 890. The number of aryl methyl sites for hydroxylation is 1. The van der Waals surface area contributed by atoms with Crippen LogP contribution in [-0.4, -0.2) is 14.1 Å². The zero-order valence-electron chi connectivity index (χ0n) is 10.8. The number of aromatic amines is 1. The third kappa shape index (κ3) is 2.02. The quantitative estimate of drug-likeness (QED) is 0.777. The standard InChI is InChI=1S/C14H12BrN3O2/c1-17-10-7-11(15)18(8-9-5-3-2-4-6-9)12(10)13(19)16-14(17)20/h2-7H,8H2,1H3,(H,16,19,20). The summed E-state index contributed by atoms with van der Waals surface area (Å²) in [4.78, 5) is 26.0. The van der Waals surface area contributed by atoms with E-state index in [0.29, 0.717) is 17.6 Å². The monoisotopic (exact) mass is 333 g/mol. The van der Waals surface area contributed by atoms with Crippen LogP contribution in [0, 0.1) is 0 Å². The molecule has 0 aliphatic carbocycles. The number of nitrogens with zero attached hydrogens (tertiary/aromatic N) is 2. The molecule has 0 unspecified atom stereocenters. The third-order valence-corrected chi connectivity index (χ3v) is 3.97. The summed E-state index contributed by atoms with van der Waals surface area (Å²) in [5, 5.41) is 0. The molecule has 3 aromatic rings. The Morgan fingerprint density at radius 2 is 1.90 bits per heavy atom. The Morgan fingerprint density at radius 3 is 2.60 bits per heavy atom. The number of benzene rings is 1. The van der Waals surface area contributed by atoms with Gasteiger partial charge in [-0.15, -0.1) is 0 Å². The van der Waals surface area contributed by atoms with Crippen molar-refractivity contribution in [1.29, 1.82) is 0 Å². The molecule has 0 aliphatic heterocycles. The summed E-state index contributed by atoms with van der Waals surface area (Å²) in [5.41, 5.74) is 1.40. The van der Waals surface area contributed by atoms with E-state index in [4.69, 9.17) is 0 Å². The van der Waals surface area contributed by atoms with Gasteiger partial charge in [0.1, 0.15) is 5.52 Å². The van der Waals surface area contributed by atoms with Crippen molar-refractivity contribution in [3.63, 3.8) is 0 Å². The fraction of sp³-hybridized carbons (Fsp3) is 0.143. The molecule has 2 aromatic heterocycles. The molecule has 0 atom stereocenters. The number of nitrogens with one attached hydrogen (secondary N) is 1. The van der Waals surface area contributed by atoms with Gasteiger partial charge in [-0.1, -0.05) is 30.3 Å². The van der Waals surface area contributed by atoms with Crippen LogP contribution in [0.25, 0.3) is 11.0 Å². The van der Waals surface area contributed by atoms with E-state index < -0.39 is 5.69 Å². The van der Waals surface area contributed by atoms with Gasteiger partial charge in [-0.3, -0.25) is 14.3 Å². The van der Waals surface area contributed by atoms with Crippen molar-refractivity contribution in [2.45, 2.75) is 6.54 Å². The lowest BCUT2D eigenvalue weighted by Crippen LogP contribution is -2.29. The summed E-state index contributed by atoms with van der Waals surface area (Å²) in [5.74, 6) is 0. The van der Waals surface area contributed by atoms with Crippen LogP contribution in [0.2, 0.25) is 0 Å². The predicted octanol–water partition coefficient (Wildman–Crippen LogP) is 1.84. The summed E-state index contributed by atoms with van der Waals surface area (Å²) in [6.07, 6.45) is 0. The van der Waals surface area contributed by atoms with Gasteiger partial charge in [0, 0.05) is 13.6 Å². The number of fused-ring (bicyclic) bond motifs is 1. The second-order valence-electron chi connectivity index (χ2n) is 4.59. The molecule has 0 amide bonds. The topological polar surface area (TPSA) is 59.8 Å². The molecule has 5 nitrogen and oxygen atoms in total. The minimum absolute atomic E-state index is 0.371. The first-order chi connectivity index (χ1) is 9.58. The molecule has 6 heteroatoms. The molecule has 2 heterocycles. The van der Waals surface area contributed by atoms with Crippen molar-refractivity contribution in [2.75, 3.05) is 0 Å². The molecule has 1 N–H and O–H groups in total. The Kier molecular flexibility index (Phi) is 3.10. The van der Waals surface area contributed by atoms with Gasteiger partial charge in [-0.25, -0.2) is 4.79 Å². The normalized spacial score (nSPS) is 11.1. The highest BCUT2D eigenvalue weighted by molar-refractivity contribution is 9.10. The number of hydrogen-bond donors (Lipinski definition) is 1. The number of aromatic nitrogens is 3. The summed E-state index contributed by atoms with van der Waals surface area (Å²) in [6.45, 7) is 0.562. The van der Waals surface area contributed by atoms with Crippen LogP contribution in [0.1, 0.15) is 5.56 Å². The van der Waals surface area contributed by atoms with E-state index in [1.54, 1.807) is 13.1 Å². The number of halogens is 1. The molecule has 0 aliphatic rings. The minimum atomic E-state index is -0.410. The molecule has 0 fully saturated rings. The Morgan fingerprint density at radius 1 is 1.20 bits per heavy atom. The van der Waals surface area contributed by atoms with Crippen molar-refractivity contribution >= 4 is 27.0 Å². The van der Waals surface area contributed by atoms with E-state index in [0.717, 1.165) is 10.2 Å². The molecule has 102 valence electrons. The summed E-state index contributed by atoms with van der Waals surface area (Å²) in [6, 6.07) is 11.6. The van der Waals surface area contributed by atoms with E-state index in [2.05, 4.69) is 20.9 Å². The van der Waals surface area contributed by atoms with Crippen LogP contribution >= 0.6 is 15.9 Å². The SMILES string of the molecule is Cn1c(=O)[nH]c(=O)c2c1cc(Br)n2Cc1ccccc1. The lowest BCUT2D eigenvalue weighted by atomic mass is 10.2. The highest BCUT2D eigenvalue weighted by Gasteiger charge is 2.13. The van der Waals surface area contributed by atoms with Gasteiger partial charge in [0.2, 0.25) is 0 Å². The first kappa shape index (κ1) is 12.9. The van der Waals surface area contributed by atoms with Crippen molar-refractivity contribution in [3.8, 4) is 0 Å². The molecule has 0 bridgehead atoms. The van der Waals surface area contributed by atoms with E-state index in [9.17, 15) is 9.59 Å². The van der Waals surface area contributed by atoms with Gasteiger partial charge >= 0.3 is 5.69 Å². The molecule has 0 saturated carbocycles. The van der Waals surface area contributed by atoms with Crippen LogP contribution in [0.15, 0.2) is 50.6 Å². The van der Waals surface area contributed by atoms with Crippen LogP contribution in [0.5, 0.6) is 0 Å². The van der Waals surface area contributed by atoms with E-state index in [1.807, 2.05) is 34.9 Å². The molecule has 0 spiro atoms. The van der Waals surface area contributed by atoms with Crippen molar-refractivity contribution in [1.82, 2.24) is 14.1 Å². The number of hydrogen-bond acceptors (Lipinski definition) is 2. The Labute approximate surface area is 122 Å². The average Bonchev–Trinajstić information content (AvgIpc) is 2.75. The largest absolute Gasteiger partial charge is 0.328 e. The van der Waals surface area contributed by atoms with Crippen LogP contribution in [0.3, 0.4) is 0 Å². The summed E-state index contributed by atoms with van der Waals surface area (Å²) < 4.78 is 4.05. The van der Waals surface area contributed by atoms with Gasteiger partial charge in [-0.05, 0) is 27.6 Å². The van der Waals surface area contributed by atoms with Crippen LogP contribution < -0.4 is 11.2 Å². The van der Waals surface area contributed by atoms with Gasteiger partial charge < -0.3 is 4.57 Å². The lowest BCUT2D eigenvalue weighted by molar-refractivity contribution is 0.796. The highest BCUT2D eigenvalue weighted by atomic mass is 79.9. The van der Waals surface area contributed by atoms with Crippen molar-refractivity contribution in [3.05, 3.63) is 67.4 Å². The maximum absolute atomic E-state index is 12.1. The minimum Gasteiger partial charge on any atom is -0.325 e. The molecule has 1 aromatic carbocycles. The smallest absolute Gasteiger partial charge is 0.325 e. The second kappa shape index (κ2) is 4.79. The zero-order valence-corrected chi connectivity index (χ0v) is 12.3. The first-order valence-electron chi connectivity index (χ1n) is 6.10. The molecule has 3 rings (SSSR count). The maximum Gasteiger partial charge on any atom is 0.328 e. The summed E-state index contributed by atoms with van der Waals surface area (Å²) >= 11 is 3.45. The van der Waals surface area contributed by atoms with Crippen molar-refractivity contribution in [2.24, 2.45) is 7.05 Å². The van der Waals surface area contributed by atoms with Gasteiger partial charge in [0.05, 0.1) is 10.1 Å². The van der Waals surface area contributed by atoms with Crippen molar-refractivity contribution < 1.29 is 0 Å². The van der Waals surface area contributed by atoms with E-state index >= 15 is 0 Å². The number of H-pyrrole nitrogens is 1. The second-order valence-corrected chi connectivity index (χ2v) is 5.40. The molecular formula is C14H12BrN3O2. The zero-order chi connectivity index (χ0) is 14.3. The Hall–Kier alpha value is -2.08. The highest BCUT2D eigenvalue weighted by Crippen LogP contribution is 2.21. The van der Waals surface area contributed by atoms with Crippen LogP contribution in [0.4, 0.5) is 0 Å². The lowest BCUT2D eigenvalue weighted by Gasteiger charge is -2.07.